The Balaban J connectivity index is 2.15. The molecule has 0 N–H and O–H groups in total. The number of nitrogens with zero attached hydrogens (tertiary/aromatic N) is 1. The van der Waals surface area contributed by atoms with Crippen molar-refractivity contribution in [2.45, 2.75) is 18.3 Å². The lowest BCUT2D eigenvalue weighted by atomic mass is 10.1. The van der Waals surface area contributed by atoms with Crippen LogP contribution in [0.25, 0.3) is 0 Å². The van der Waals surface area contributed by atoms with Gasteiger partial charge in [-0.1, -0.05) is 0 Å². The van der Waals surface area contributed by atoms with Gasteiger partial charge in [0.2, 0.25) is 0 Å². The Hall–Kier alpha value is -0.230. The first kappa shape index (κ1) is 11.8. The normalized spacial score (nSPS) is 20.1. The number of hydrogen-bond acceptors (Lipinski definition) is 3. The van der Waals surface area contributed by atoms with Crippen LogP contribution >= 0.6 is 11.8 Å². The van der Waals surface area contributed by atoms with Crippen molar-refractivity contribution < 1.29 is 18.0 Å². The molecule has 0 aromatic heterocycles. The number of thioether (sulfide) groups is 1. The van der Waals surface area contributed by atoms with Crippen LogP contribution < -0.4 is 0 Å². The third kappa shape index (κ3) is 4.85. The van der Waals surface area contributed by atoms with E-state index in [-0.39, 0.29) is 23.3 Å². The second kappa shape index (κ2) is 5.02. The molecule has 1 saturated heterocycles. The summed E-state index contributed by atoms with van der Waals surface area (Å²) in [7, 11) is 0. The van der Waals surface area contributed by atoms with Crippen LogP contribution in [0, 0.1) is 0 Å². The van der Waals surface area contributed by atoms with E-state index < -0.39 is 5.51 Å². The Bertz CT molecular complexity index is 207. The summed E-state index contributed by atoms with van der Waals surface area (Å²) >= 11 is -0.0245. The largest absolute Gasteiger partial charge is 0.441 e. The summed E-state index contributed by atoms with van der Waals surface area (Å²) in [5, 5.41) is 0. The van der Waals surface area contributed by atoms with E-state index >= 15 is 0 Å². The second-order valence-corrected chi connectivity index (χ2v) is 4.37. The third-order valence-electron chi connectivity index (χ3n) is 2.00. The zero-order valence-electron chi connectivity index (χ0n) is 7.64. The molecule has 0 unspecified atom stereocenters. The van der Waals surface area contributed by atoms with E-state index in [1.54, 1.807) is 4.90 Å². The maximum Gasteiger partial charge on any atom is 0.441 e. The van der Waals surface area contributed by atoms with Crippen LogP contribution in [0.5, 0.6) is 0 Å². The molecular weight excluding hydrogens is 215 g/mol. The van der Waals surface area contributed by atoms with E-state index in [1.807, 2.05) is 0 Å². The molecule has 0 saturated carbocycles. The summed E-state index contributed by atoms with van der Waals surface area (Å²) in [4.78, 5) is 12.7. The average molecular weight is 227 g/mol. The van der Waals surface area contributed by atoms with Gasteiger partial charge < -0.3 is 0 Å². The molecule has 1 aliphatic heterocycles. The first-order valence-electron chi connectivity index (χ1n) is 4.42. The first-order valence-corrected chi connectivity index (χ1v) is 5.41. The van der Waals surface area contributed by atoms with Crippen LogP contribution in [-0.4, -0.2) is 41.6 Å². The summed E-state index contributed by atoms with van der Waals surface area (Å²) in [6, 6.07) is 0. The highest BCUT2D eigenvalue weighted by Crippen LogP contribution is 2.29. The lowest BCUT2D eigenvalue weighted by Crippen LogP contribution is -2.37. The van der Waals surface area contributed by atoms with Crippen molar-refractivity contribution >= 4 is 17.5 Å². The number of likely N-dealkylation sites (tertiary alicyclic amines) is 1. The number of ketones is 1. The minimum atomic E-state index is -4.15. The standard InChI is InChI=1S/C8H12F3NOS/c9-8(10,11)14-5-4-12-3-1-2-7(13)6-12/h1-6H2. The molecule has 0 aromatic carbocycles. The monoisotopic (exact) mass is 227 g/mol. The molecule has 1 aliphatic rings. The molecule has 0 radical (unpaired) electrons. The summed E-state index contributed by atoms with van der Waals surface area (Å²) < 4.78 is 35.3. The van der Waals surface area contributed by atoms with Gasteiger partial charge in [0.05, 0.1) is 6.54 Å². The van der Waals surface area contributed by atoms with Gasteiger partial charge in [0.15, 0.2) is 0 Å². The summed E-state index contributed by atoms with van der Waals surface area (Å²) in [6.07, 6.45) is 1.35. The van der Waals surface area contributed by atoms with Crippen LogP contribution in [0.15, 0.2) is 0 Å². The van der Waals surface area contributed by atoms with Gasteiger partial charge >= 0.3 is 5.51 Å². The number of carbonyl (C=O) groups excluding carboxylic acids is 1. The van der Waals surface area contributed by atoms with Gasteiger partial charge in [0, 0.05) is 18.7 Å². The van der Waals surface area contributed by atoms with Gasteiger partial charge in [-0.05, 0) is 24.7 Å². The number of halogens is 3. The van der Waals surface area contributed by atoms with Crippen LogP contribution in [0.1, 0.15) is 12.8 Å². The Morgan fingerprint density at radius 3 is 2.71 bits per heavy atom. The Morgan fingerprint density at radius 2 is 2.14 bits per heavy atom. The maximum absolute atomic E-state index is 11.8. The minimum Gasteiger partial charge on any atom is -0.298 e. The van der Waals surface area contributed by atoms with Crippen molar-refractivity contribution in [3.8, 4) is 0 Å². The fourth-order valence-electron chi connectivity index (χ4n) is 1.39. The Kier molecular flexibility index (Phi) is 4.25. The summed E-state index contributed by atoms with van der Waals surface area (Å²) in [6.45, 7) is 1.40. The third-order valence-corrected chi connectivity index (χ3v) is 2.72. The van der Waals surface area contributed by atoms with Crippen LogP contribution in [0.2, 0.25) is 0 Å². The van der Waals surface area contributed by atoms with Gasteiger partial charge in [-0.3, -0.25) is 9.69 Å². The fraction of sp³-hybridized carbons (Fsp3) is 0.875. The molecular formula is C8H12F3NOS. The molecule has 1 heterocycles. The Labute approximate surface area is 84.8 Å². The quantitative estimate of drug-likeness (QED) is 0.734. The molecule has 82 valence electrons. The SMILES string of the molecule is O=C1CCCN(CCSC(F)(F)F)C1. The number of piperidine rings is 1. The van der Waals surface area contributed by atoms with Gasteiger partial charge in [-0.25, -0.2) is 0 Å². The predicted octanol–water partition coefficient (Wildman–Crippen LogP) is 1.90. The lowest BCUT2D eigenvalue weighted by Gasteiger charge is -2.25. The topological polar surface area (TPSA) is 20.3 Å². The minimum absolute atomic E-state index is 0.0107. The summed E-state index contributed by atoms with van der Waals surface area (Å²) in [5.74, 6) is 0.143. The van der Waals surface area contributed by atoms with Crippen molar-refractivity contribution in [1.82, 2.24) is 4.90 Å². The number of rotatable bonds is 3. The van der Waals surface area contributed by atoms with Crippen molar-refractivity contribution in [3.05, 3.63) is 0 Å². The van der Waals surface area contributed by atoms with Crippen molar-refractivity contribution in [2.24, 2.45) is 0 Å². The highest BCUT2D eigenvalue weighted by atomic mass is 32.2. The maximum atomic E-state index is 11.8. The first-order chi connectivity index (χ1) is 6.47. The molecule has 0 spiro atoms. The molecule has 6 heteroatoms. The number of alkyl halides is 3. The van der Waals surface area contributed by atoms with Crippen molar-refractivity contribution in [3.63, 3.8) is 0 Å². The fourth-order valence-corrected chi connectivity index (χ4v) is 1.97. The van der Waals surface area contributed by atoms with Crippen LogP contribution in [-0.2, 0) is 4.79 Å². The van der Waals surface area contributed by atoms with E-state index in [4.69, 9.17) is 0 Å². The highest BCUT2D eigenvalue weighted by molar-refractivity contribution is 8.00. The average Bonchev–Trinajstić information content (AvgIpc) is 2.01. The van der Waals surface area contributed by atoms with E-state index in [0.717, 1.165) is 13.0 Å². The smallest absolute Gasteiger partial charge is 0.298 e. The van der Waals surface area contributed by atoms with Crippen LogP contribution in [0.4, 0.5) is 13.2 Å². The van der Waals surface area contributed by atoms with E-state index in [1.165, 1.54) is 0 Å². The molecule has 0 bridgehead atoms. The zero-order chi connectivity index (χ0) is 10.6. The Morgan fingerprint density at radius 1 is 1.43 bits per heavy atom. The molecule has 0 aromatic rings. The van der Waals surface area contributed by atoms with Crippen LogP contribution in [0.3, 0.4) is 0 Å². The van der Waals surface area contributed by atoms with E-state index in [0.29, 0.717) is 19.5 Å². The second-order valence-electron chi connectivity index (χ2n) is 3.21. The predicted molar refractivity (Wildman–Crippen MR) is 49.2 cm³/mol. The zero-order valence-corrected chi connectivity index (χ0v) is 8.46. The molecule has 0 amide bonds. The lowest BCUT2D eigenvalue weighted by molar-refractivity contribution is -0.122. The van der Waals surface area contributed by atoms with Crippen molar-refractivity contribution in [2.75, 3.05) is 25.4 Å². The number of hydrogen-bond donors (Lipinski definition) is 0. The molecule has 1 rings (SSSR count). The number of Topliss-reactive ketones (excluding diaryl/α,β-unsaturated/α-hetero) is 1. The molecule has 14 heavy (non-hydrogen) atoms. The molecule has 1 fully saturated rings. The van der Waals surface area contributed by atoms with Gasteiger partial charge in [0.25, 0.3) is 0 Å². The van der Waals surface area contributed by atoms with E-state index in [2.05, 4.69) is 0 Å². The molecule has 0 atom stereocenters. The molecule has 0 aliphatic carbocycles. The highest BCUT2D eigenvalue weighted by Gasteiger charge is 2.28. The summed E-state index contributed by atoms with van der Waals surface area (Å²) in [5.41, 5.74) is -4.15. The van der Waals surface area contributed by atoms with E-state index in [9.17, 15) is 18.0 Å². The van der Waals surface area contributed by atoms with Crippen molar-refractivity contribution in [1.29, 1.82) is 0 Å². The van der Waals surface area contributed by atoms with Gasteiger partial charge in [0.1, 0.15) is 5.78 Å². The molecule has 2 nitrogen and oxygen atoms in total. The number of carbonyl (C=O) groups is 1. The van der Waals surface area contributed by atoms with Gasteiger partial charge in [-0.2, -0.15) is 13.2 Å². The van der Waals surface area contributed by atoms with Gasteiger partial charge in [-0.15, -0.1) is 0 Å².